The first-order valence-electron chi connectivity index (χ1n) is 5.93. The summed E-state index contributed by atoms with van der Waals surface area (Å²) in [7, 11) is 0. The summed E-state index contributed by atoms with van der Waals surface area (Å²) in [5.41, 5.74) is 1.68. The van der Waals surface area contributed by atoms with Crippen molar-refractivity contribution in [3.63, 3.8) is 0 Å². The Hall–Kier alpha value is -1.55. The Labute approximate surface area is 101 Å². The van der Waals surface area contributed by atoms with Crippen molar-refractivity contribution >= 4 is 17.1 Å². The number of ether oxygens (including phenoxy) is 1. The highest BCUT2D eigenvalue weighted by Gasteiger charge is 2.03. The number of rotatable bonds is 6. The largest absolute Gasteiger partial charge is 0.424 e. The average Bonchev–Trinajstić information content (AvgIpc) is 2.70. The number of aromatic nitrogens is 1. The molecule has 0 fully saturated rings. The summed E-state index contributed by atoms with van der Waals surface area (Å²) in [6.07, 6.45) is 0. The topological polar surface area (TPSA) is 47.3 Å². The van der Waals surface area contributed by atoms with E-state index in [2.05, 4.69) is 24.1 Å². The third kappa shape index (κ3) is 3.46. The van der Waals surface area contributed by atoms with E-state index in [9.17, 15) is 0 Å². The summed E-state index contributed by atoms with van der Waals surface area (Å²) in [6, 6.07) is 8.27. The Morgan fingerprint density at radius 1 is 1.35 bits per heavy atom. The quantitative estimate of drug-likeness (QED) is 0.781. The molecule has 0 aliphatic heterocycles. The van der Waals surface area contributed by atoms with E-state index in [1.807, 2.05) is 24.3 Å². The molecule has 0 spiro atoms. The van der Waals surface area contributed by atoms with Gasteiger partial charge >= 0.3 is 0 Å². The van der Waals surface area contributed by atoms with Gasteiger partial charge in [-0.15, -0.1) is 0 Å². The van der Waals surface area contributed by atoms with Gasteiger partial charge in [0.05, 0.1) is 6.61 Å². The number of oxazole rings is 1. The molecule has 2 aromatic rings. The molecule has 0 amide bonds. The standard InChI is InChI=1S/C13H18N2O2/c1-10(2)9-16-8-7-14-13-15-11-5-3-4-6-12(11)17-13/h3-6,10H,7-9H2,1-2H3,(H,14,15). The minimum absolute atomic E-state index is 0.555. The fraction of sp³-hybridized carbons (Fsp3) is 0.462. The Morgan fingerprint density at radius 3 is 2.94 bits per heavy atom. The first kappa shape index (κ1) is 11.9. The van der Waals surface area contributed by atoms with Crippen molar-refractivity contribution in [2.75, 3.05) is 25.1 Å². The molecule has 0 radical (unpaired) electrons. The van der Waals surface area contributed by atoms with Crippen LogP contribution in [0.15, 0.2) is 28.7 Å². The zero-order valence-electron chi connectivity index (χ0n) is 10.3. The highest BCUT2D eigenvalue weighted by Crippen LogP contribution is 2.17. The molecule has 1 aromatic carbocycles. The van der Waals surface area contributed by atoms with Crippen LogP contribution >= 0.6 is 0 Å². The highest BCUT2D eigenvalue weighted by atomic mass is 16.5. The molecule has 0 aliphatic carbocycles. The Bertz CT molecular complexity index is 432. The molecule has 0 unspecified atom stereocenters. The fourth-order valence-electron chi connectivity index (χ4n) is 1.50. The summed E-state index contributed by atoms with van der Waals surface area (Å²) in [5, 5.41) is 3.11. The summed E-state index contributed by atoms with van der Waals surface area (Å²) in [5.74, 6) is 0.569. The lowest BCUT2D eigenvalue weighted by Crippen LogP contribution is -2.12. The van der Waals surface area contributed by atoms with Gasteiger partial charge in [-0.2, -0.15) is 4.98 Å². The minimum atomic E-state index is 0.555. The number of para-hydroxylation sites is 2. The normalized spacial score (nSPS) is 11.2. The van der Waals surface area contributed by atoms with Crippen molar-refractivity contribution in [1.82, 2.24) is 4.98 Å². The molecule has 4 heteroatoms. The summed E-state index contributed by atoms with van der Waals surface area (Å²) >= 11 is 0. The van der Waals surface area contributed by atoms with Crippen molar-refractivity contribution in [3.8, 4) is 0 Å². The van der Waals surface area contributed by atoms with Crippen LogP contribution in [-0.4, -0.2) is 24.7 Å². The van der Waals surface area contributed by atoms with Crippen LogP contribution in [0.5, 0.6) is 0 Å². The van der Waals surface area contributed by atoms with Gasteiger partial charge in [0.1, 0.15) is 5.52 Å². The van der Waals surface area contributed by atoms with Gasteiger partial charge in [-0.1, -0.05) is 26.0 Å². The van der Waals surface area contributed by atoms with Crippen molar-refractivity contribution in [2.24, 2.45) is 5.92 Å². The van der Waals surface area contributed by atoms with E-state index in [4.69, 9.17) is 9.15 Å². The SMILES string of the molecule is CC(C)COCCNc1nc2ccccc2o1. The molecule has 0 atom stereocenters. The Kier molecular flexibility index (Phi) is 3.98. The second-order valence-corrected chi connectivity index (χ2v) is 4.38. The van der Waals surface area contributed by atoms with E-state index in [1.54, 1.807) is 0 Å². The first-order valence-corrected chi connectivity index (χ1v) is 5.93. The molecule has 1 aromatic heterocycles. The number of hydrogen-bond donors (Lipinski definition) is 1. The molecule has 92 valence electrons. The van der Waals surface area contributed by atoms with Crippen molar-refractivity contribution in [3.05, 3.63) is 24.3 Å². The van der Waals surface area contributed by atoms with E-state index < -0.39 is 0 Å². The molecule has 4 nitrogen and oxygen atoms in total. The average molecular weight is 234 g/mol. The maximum Gasteiger partial charge on any atom is 0.295 e. The Morgan fingerprint density at radius 2 is 2.18 bits per heavy atom. The predicted octanol–water partition coefficient (Wildman–Crippen LogP) is 2.91. The van der Waals surface area contributed by atoms with E-state index in [0.29, 0.717) is 25.1 Å². The van der Waals surface area contributed by atoms with Gasteiger partial charge in [0.2, 0.25) is 0 Å². The molecule has 2 rings (SSSR count). The van der Waals surface area contributed by atoms with Crippen LogP contribution in [0.4, 0.5) is 6.01 Å². The summed E-state index contributed by atoms with van der Waals surface area (Å²) in [4.78, 5) is 4.31. The summed E-state index contributed by atoms with van der Waals surface area (Å²) < 4.78 is 11.0. The van der Waals surface area contributed by atoms with Gasteiger partial charge in [0.25, 0.3) is 6.01 Å². The number of hydrogen-bond acceptors (Lipinski definition) is 4. The van der Waals surface area contributed by atoms with E-state index >= 15 is 0 Å². The molecule has 17 heavy (non-hydrogen) atoms. The van der Waals surface area contributed by atoms with Crippen molar-refractivity contribution < 1.29 is 9.15 Å². The number of anilines is 1. The third-order valence-corrected chi connectivity index (χ3v) is 2.27. The van der Waals surface area contributed by atoms with Gasteiger partial charge < -0.3 is 14.5 Å². The fourth-order valence-corrected chi connectivity index (χ4v) is 1.50. The lowest BCUT2D eigenvalue weighted by Gasteiger charge is -2.06. The van der Waals surface area contributed by atoms with Crippen LogP contribution in [0.1, 0.15) is 13.8 Å². The van der Waals surface area contributed by atoms with Crippen LogP contribution in [0.3, 0.4) is 0 Å². The van der Waals surface area contributed by atoms with Crippen LogP contribution in [0, 0.1) is 5.92 Å². The second-order valence-electron chi connectivity index (χ2n) is 4.38. The van der Waals surface area contributed by atoms with Gasteiger partial charge in [0.15, 0.2) is 5.58 Å². The number of nitrogens with zero attached hydrogens (tertiary/aromatic N) is 1. The maximum absolute atomic E-state index is 5.52. The highest BCUT2D eigenvalue weighted by molar-refractivity contribution is 5.74. The molecule has 0 bridgehead atoms. The predicted molar refractivity (Wildman–Crippen MR) is 68.2 cm³/mol. The zero-order valence-corrected chi connectivity index (χ0v) is 10.3. The van der Waals surface area contributed by atoms with Crippen molar-refractivity contribution in [1.29, 1.82) is 0 Å². The Balaban J connectivity index is 1.79. The number of fused-ring (bicyclic) bond motifs is 1. The molecule has 0 saturated heterocycles. The molecular formula is C13H18N2O2. The lowest BCUT2D eigenvalue weighted by atomic mass is 10.2. The van der Waals surface area contributed by atoms with E-state index in [-0.39, 0.29) is 0 Å². The van der Waals surface area contributed by atoms with Gasteiger partial charge in [-0.3, -0.25) is 0 Å². The lowest BCUT2D eigenvalue weighted by molar-refractivity contribution is 0.118. The minimum Gasteiger partial charge on any atom is -0.424 e. The molecule has 0 saturated carbocycles. The van der Waals surface area contributed by atoms with Crippen LogP contribution < -0.4 is 5.32 Å². The third-order valence-electron chi connectivity index (χ3n) is 2.27. The number of nitrogens with one attached hydrogen (secondary N) is 1. The van der Waals surface area contributed by atoms with E-state index in [0.717, 1.165) is 17.7 Å². The number of benzene rings is 1. The van der Waals surface area contributed by atoms with E-state index in [1.165, 1.54) is 0 Å². The smallest absolute Gasteiger partial charge is 0.295 e. The van der Waals surface area contributed by atoms with Gasteiger partial charge in [0, 0.05) is 13.2 Å². The monoisotopic (exact) mass is 234 g/mol. The second kappa shape index (κ2) is 5.68. The first-order chi connectivity index (χ1) is 8.25. The van der Waals surface area contributed by atoms with Gasteiger partial charge in [-0.05, 0) is 18.1 Å². The molecule has 1 N–H and O–H groups in total. The molecule has 0 aliphatic rings. The van der Waals surface area contributed by atoms with Crippen LogP contribution in [0.25, 0.3) is 11.1 Å². The van der Waals surface area contributed by atoms with Gasteiger partial charge in [-0.25, -0.2) is 0 Å². The maximum atomic E-state index is 5.52. The summed E-state index contributed by atoms with van der Waals surface area (Å²) in [6.45, 7) is 6.42. The molecule has 1 heterocycles. The van der Waals surface area contributed by atoms with Crippen molar-refractivity contribution in [2.45, 2.75) is 13.8 Å². The molecular weight excluding hydrogens is 216 g/mol. The van der Waals surface area contributed by atoms with Crippen LogP contribution in [0.2, 0.25) is 0 Å². The zero-order chi connectivity index (χ0) is 12.1. The van der Waals surface area contributed by atoms with Crippen LogP contribution in [-0.2, 0) is 4.74 Å².